The van der Waals surface area contributed by atoms with E-state index in [0.29, 0.717) is 29.9 Å². The molecule has 0 radical (unpaired) electrons. The molecule has 2 aromatic carbocycles. The zero-order valence-electron chi connectivity index (χ0n) is 18.4. The Morgan fingerprint density at radius 3 is 2.45 bits per heavy atom. The quantitative estimate of drug-likeness (QED) is 0.650. The summed E-state index contributed by atoms with van der Waals surface area (Å²) >= 11 is 0. The van der Waals surface area contributed by atoms with E-state index in [1.54, 1.807) is 18.2 Å². The molecule has 2 aliphatic rings. The van der Waals surface area contributed by atoms with Crippen LogP contribution in [0.25, 0.3) is 0 Å². The van der Waals surface area contributed by atoms with E-state index >= 15 is 0 Å². The summed E-state index contributed by atoms with van der Waals surface area (Å²) in [5.41, 5.74) is 0.199. The van der Waals surface area contributed by atoms with Gasteiger partial charge in [-0.3, -0.25) is 14.5 Å². The number of amides is 4. The fourth-order valence-corrected chi connectivity index (χ4v) is 4.67. The van der Waals surface area contributed by atoms with E-state index in [-0.39, 0.29) is 12.3 Å². The molecule has 1 saturated carbocycles. The van der Waals surface area contributed by atoms with Crippen molar-refractivity contribution >= 4 is 17.8 Å². The van der Waals surface area contributed by atoms with E-state index in [1.165, 1.54) is 30.3 Å². The smallest absolute Gasteiger partial charge is 0.325 e. The number of carbonyl (C=O) groups is 3. The highest BCUT2D eigenvalue weighted by atomic mass is 19.1. The molecule has 4 amide bonds. The van der Waals surface area contributed by atoms with E-state index in [2.05, 4.69) is 17.6 Å². The second-order valence-corrected chi connectivity index (χ2v) is 9.10. The van der Waals surface area contributed by atoms with Crippen LogP contribution in [0, 0.1) is 17.6 Å². The lowest BCUT2D eigenvalue weighted by atomic mass is 9.77. The topological polar surface area (TPSA) is 78.5 Å². The molecule has 1 unspecified atom stereocenters. The van der Waals surface area contributed by atoms with Crippen molar-refractivity contribution in [2.45, 2.75) is 50.6 Å². The van der Waals surface area contributed by atoms with E-state index in [4.69, 9.17) is 0 Å². The van der Waals surface area contributed by atoms with E-state index in [9.17, 15) is 23.2 Å². The molecule has 2 aromatic rings. The van der Waals surface area contributed by atoms with Crippen molar-refractivity contribution in [1.82, 2.24) is 15.5 Å². The number of hydrogen-bond donors (Lipinski definition) is 2. The Morgan fingerprint density at radius 2 is 1.79 bits per heavy atom. The highest BCUT2D eigenvalue weighted by molar-refractivity contribution is 6.09. The van der Waals surface area contributed by atoms with Gasteiger partial charge in [-0.1, -0.05) is 31.2 Å². The lowest BCUT2D eigenvalue weighted by Gasteiger charge is -2.33. The van der Waals surface area contributed by atoms with Crippen LogP contribution in [0.15, 0.2) is 48.5 Å². The fraction of sp³-hybridized carbons (Fsp3) is 0.400. The molecule has 2 N–H and O–H groups in total. The van der Waals surface area contributed by atoms with Crippen molar-refractivity contribution in [1.29, 1.82) is 0 Å². The molecule has 1 atom stereocenters. The van der Waals surface area contributed by atoms with Crippen LogP contribution in [0.1, 0.15) is 49.8 Å². The predicted octanol–water partition coefficient (Wildman–Crippen LogP) is 3.87. The number of urea groups is 1. The number of nitrogens with zero attached hydrogens (tertiary/aromatic N) is 1. The number of imide groups is 1. The van der Waals surface area contributed by atoms with Crippen LogP contribution in [-0.2, 0) is 16.0 Å². The Morgan fingerprint density at radius 1 is 1.12 bits per heavy atom. The largest absolute Gasteiger partial charge is 0.347 e. The number of halogens is 2. The minimum Gasteiger partial charge on any atom is -0.347 e. The fourth-order valence-electron chi connectivity index (χ4n) is 4.67. The first-order valence-electron chi connectivity index (χ1n) is 11.2. The molecule has 0 aromatic heterocycles. The molecule has 1 saturated heterocycles. The summed E-state index contributed by atoms with van der Waals surface area (Å²) < 4.78 is 27.5. The second kappa shape index (κ2) is 9.29. The monoisotopic (exact) mass is 455 g/mol. The van der Waals surface area contributed by atoms with Crippen molar-refractivity contribution in [3.63, 3.8) is 0 Å². The number of nitrogens with one attached hydrogen (secondary N) is 2. The molecule has 1 spiro atoms. The first kappa shape index (κ1) is 22.9. The highest BCUT2D eigenvalue weighted by Crippen LogP contribution is 2.36. The molecule has 1 aliphatic carbocycles. The van der Waals surface area contributed by atoms with Gasteiger partial charge in [-0.2, -0.15) is 0 Å². The minimum atomic E-state index is -0.923. The molecule has 6 nitrogen and oxygen atoms in total. The normalized spacial score (nSPS) is 23.5. The second-order valence-electron chi connectivity index (χ2n) is 9.10. The molecule has 33 heavy (non-hydrogen) atoms. The first-order valence-corrected chi connectivity index (χ1v) is 11.2. The van der Waals surface area contributed by atoms with Crippen LogP contribution in [-0.4, -0.2) is 34.8 Å². The Kier molecular flexibility index (Phi) is 6.44. The van der Waals surface area contributed by atoms with Gasteiger partial charge in [0.1, 0.15) is 23.7 Å². The van der Waals surface area contributed by atoms with Crippen molar-refractivity contribution in [2.24, 2.45) is 5.92 Å². The Bertz CT molecular complexity index is 1070. The Balaban J connectivity index is 1.49. The molecular formula is C25H27F2N3O3. The van der Waals surface area contributed by atoms with Crippen molar-refractivity contribution < 1.29 is 23.2 Å². The summed E-state index contributed by atoms with van der Waals surface area (Å²) in [5, 5.41) is 5.59. The molecule has 4 rings (SSSR count). The Labute approximate surface area is 191 Å². The standard InChI is InChI=1S/C25H27F2N3O3/c1-16-8-10-25(11-9-16)23(32)30(24(33)29-25)15-22(31)28-21(18-5-3-7-20(27)14-18)13-17-4-2-6-19(26)12-17/h2-7,12,14,16,21H,8-11,13,15H2,1H3,(H,28,31)(H,29,33). The lowest BCUT2D eigenvalue weighted by molar-refractivity contribution is -0.136. The predicted molar refractivity (Wildman–Crippen MR) is 118 cm³/mol. The molecular weight excluding hydrogens is 428 g/mol. The SMILES string of the molecule is CC1CCC2(CC1)NC(=O)N(CC(=O)NC(Cc1cccc(F)c1)c1cccc(F)c1)C2=O. The van der Waals surface area contributed by atoms with Gasteiger partial charge in [0.2, 0.25) is 5.91 Å². The van der Waals surface area contributed by atoms with E-state index < -0.39 is 41.7 Å². The van der Waals surface area contributed by atoms with Gasteiger partial charge in [-0.05, 0) is 73.4 Å². The lowest BCUT2D eigenvalue weighted by Crippen LogP contribution is -2.50. The summed E-state index contributed by atoms with van der Waals surface area (Å²) in [6.07, 6.45) is 3.00. The maximum atomic E-state index is 13.8. The van der Waals surface area contributed by atoms with Gasteiger partial charge in [-0.25, -0.2) is 13.6 Å². The summed E-state index contributed by atoms with van der Waals surface area (Å²) in [6, 6.07) is 10.5. The van der Waals surface area contributed by atoms with Crippen LogP contribution in [0.5, 0.6) is 0 Å². The minimum absolute atomic E-state index is 0.217. The number of carbonyl (C=O) groups excluding carboxylic acids is 3. The number of benzene rings is 2. The highest BCUT2D eigenvalue weighted by Gasteiger charge is 2.52. The van der Waals surface area contributed by atoms with Crippen LogP contribution in [0.3, 0.4) is 0 Å². The van der Waals surface area contributed by atoms with Crippen LogP contribution in [0.2, 0.25) is 0 Å². The van der Waals surface area contributed by atoms with Gasteiger partial charge in [0.15, 0.2) is 0 Å². The third-order valence-corrected chi connectivity index (χ3v) is 6.59. The average molecular weight is 456 g/mol. The maximum absolute atomic E-state index is 13.8. The molecule has 8 heteroatoms. The van der Waals surface area contributed by atoms with Gasteiger partial charge in [-0.15, -0.1) is 0 Å². The molecule has 174 valence electrons. The third kappa shape index (κ3) is 5.05. The first-order chi connectivity index (χ1) is 15.8. The Hall–Kier alpha value is -3.29. The van der Waals surface area contributed by atoms with Gasteiger partial charge < -0.3 is 10.6 Å². The number of rotatable bonds is 6. The zero-order valence-corrected chi connectivity index (χ0v) is 18.4. The summed E-state index contributed by atoms with van der Waals surface area (Å²) in [7, 11) is 0. The van der Waals surface area contributed by atoms with Crippen LogP contribution in [0.4, 0.5) is 13.6 Å². The molecule has 1 heterocycles. The third-order valence-electron chi connectivity index (χ3n) is 6.59. The van der Waals surface area contributed by atoms with Gasteiger partial charge >= 0.3 is 6.03 Å². The molecule has 2 fully saturated rings. The van der Waals surface area contributed by atoms with Gasteiger partial charge in [0.05, 0.1) is 6.04 Å². The van der Waals surface area contributed by atoms with Gasteiger partial charge in [0, 0.05) is 0 Å². The summed E-state index contributed by atoms with van der Waals surface area (Å²) in [5.74, 6) is -1.31. The van der Waals surface area contributed by atoms with Crippen LogP contribution < -0.4 is 10.6 Å². The van der Waals surface area contributed by atoms with Crippen molar-refractivity contribution in [3.8, 4) is 0 Å². The number of hydrogen-bond acceptors (Lipinski definition) is 3. The molecule has 1 aliphatic heterocycles. The summed E-state index contributed by atoms with van der Waals surface area (Å²) in [4.78, 5) is 39.4. The van der Waals surface area contributed by atoms with E-state index in [0.717, 1.165) is 17.7 Å². The van der Waals surface area contributed by atoms with Crippen molar-refractivity contribution in [2.75, 3.05) is 6.54 Å². The zero-order chi connectivity index (χ0) is 23.6. The van der Waals surface area contributed by atoms with Crippen LogP contribution >= 0.6 is 0 Å². The average Bonchev–Trinajstić information content (AvgIpc) is 2.99. The van der Waals surface area contributed by atoms with Crippen molar-refractivity contribution in [3.05, 3.63) is 71.3 Å². The molecule has 0 bridgehead atoms. The maximum Gasteiger partial charge on any atom is 0.325 e. The van der Waals surface area contributed by atoms with E-state index in [1.807, 2.05) is 0 Å². The van der Waals surface area contributed by atoms with Gasteiger partial charge in [0.25, 0.3) is 5.91 Å². The summed E-state index contributed by atoms with van der Waals surface area (Å²) in [6.45, 7) is 1.68.